The number of alkyl halides is 2. The molecule has 1 aliphatic heterocycles. The molecule has 226 valence electrons. The highest BCUT2D eigenvalue weighted by Gasteiger charge is 2.48. The van der Waals surface area contributed by atoms with Gasteiger partial charge in [-0.05, 0) is 50.2 Å². The SMILES string of the molecule is C[C@H]1CC(F)(F)CC[C@@H]1c1nc(-c2ccc(N3CCS(=O)(=O)CC3)cc2)c([C@@H]2CCCC[C@H]2C(=O)CC2(C#N)CC2)o1. The van der Waals surface area contributed by atoms with Crippen molar-refractivity contribution in [1.82, 2.24) is 4.98 Å². The van der Waals surface area contributed by atoms with Crippen LogP contribution in [0.1, 0.15) is 94.6 Å². The van der Waals surface area contributed by atoms with E-state index in [1.54, 1.807) is 0 Å². The molecule has 4 atom stereocenters. The predicted molar refractivity (Wildman–Crippen MR) is 155 cm³/mol. The van der Waals surface area contributed by atoms with E-state index < -0.39 is 21.2 Å². The lowest BCUT2D eigenvalue weighted by Crippen LogP contribution is -2.40. The molecular weight excluding hydrogens is 560 g/mol. The van der Waals surface area contributed by atoms with E-state index in [4.69, 9.17) is 9.40 Å². The van der Waals surface area contributed by atoms with Crippen molar-refractivity contribution in [3.63, 3.8) is 0 Å². The van der Waals surface area contributed by atoms with Gasteiger partial charge in [-0.1, -0.05) is 31.9 Å². The Labute approximate surface area is 246 Å². The van der Waals surface area contributed by atoms with Crippen molar-refractivity contribution in [2.45, 2.75) is 88.9 Å². The number of nitriles is 1. The summed E-state index contributed by atoms with van der Waals surface area (Å²) in [4.78, 5) is 20.6. The molecule has 0 N–H and O–H groups in total. The van der Waals surface area contributed by atoms with Crippen LogP contribution in [0.4, 0.5) is 14.5 Å². The normalized spacial score (nSPS) is 29.9. The van der Waals surface area contributed by atoms with Crippen LogP contribution in [-0.4, -0.2) is 49.7 Å². The molecule has 42 heavy (non-hydrogen) atoms. The lowest BCUT2D eigenvalue weighted by molar-refractivity contribution is -0.125. The van der Waals surface area contributed by atoms with Gasteiger partial charge >= 0.3 is 0 Å². The second-order valence-corrected chi connectivity index (χ2v) is 15.5. The minimum atomic E-state index is -2.99. The van der Waals surface area contributed by atoms with Gasteiger partial charge in [-0.25, -0.2) is 22.2 Å². The van der Waals surface area contributed by atoms with Gasteiger partial charge in [0.1, 0.15) is 17.2 Å². The summed E-state index contributed by atoms with van der Waals surface area (Å²) in [5.41, 5.74) is 1.91. The maximum absolute atomic E-state index is 14.2. The third-order valence-corrected chi connectivity index (χ3v) is 11.7. The molecule has 4 fully saturated rings. The molecule has 2 heterocycles. The fourth-order valence-electron chi connectivity index (χ4n) is 7.27. The number of rotatable bonds is 7. The first kappa shape index (κ1) is 29.3. The van der Waals surface area contributed by atoms with Crippen molar-refractivity contribution < 1.29 is 26.4 Å². The van der Waals surface area contributed by atoms with Gasteiger partial charge in [0.05, 0.1) is 23.0 Å². The largest absolute Gasteiger partial charge is 0.444 e. The number of hydrogen-bond acceptors (Lipinski definition) is 7. The van der Waals surface area contributed by atoms with Gasteiger partial charge in [0.25, 0.3) is 0 Å². The molecule has 1 saturated heterocycles. The summed E-state index contributed by atoms with van der Waals surface area (Å²) >= 11 is 0. The number of ketones is 1. The zero-order valence-electron chi connectivity index (χ0n) is 24.2. The smallest absolute Gasteiger partial charge is 0.248 e. The van der Waals surface area contributed by atoms with E-state index in [1.165, 1.54) is 0 Å². The van der Waals surface area contributed by atoms with E-state index in [-0.39, 0.29) is 60.2 Å². The fourth-order valence-corrected chi connectivity index (χ4v) is 8.47. The van der Waals surface area contributed by atoms with Gasteiger partial charge in [-0.2, -0.15) is 5.26 Å². The summed E-state index contributed by atoms with van der Waals surface area (Å²) in [6, 6.07) is 10.2. The Morgan fingerprint density at radius 3 is 2.40 bits per heavy atom. The maximum Gasteiger partial charge on any atom is 0.248 e. The second kappa shape index (κ2) is 11.0. The molecule has 0 radical (unpaired) electrons. The van der Waals surface area contributed by atoms with Crippen LogP contribution in [0.25, 0.3) is 11.3 Å². The van der Waals surface area contributed by atoms with Crippen LogP contribution in [0.2, 0.25) is 0 Å². The minimum Gasteiger partial charge on any atom is -0.444 e. The summed E-state index contributed by atoms with van der Waals surface area (Å²) < 4.78 is 58.7. The van der Waals surface area contributed by atoms with Crippen molar-refractivity contribution in [1.29, 1.82) is 5.26 Å². The third kappa shape index (κ3) is 5.99. The molecule has 3 saturated carbocycles. The van der Waals surface area contributed by atoms with Crippen molar-refractivity contribution in [2.24, 2.45) is 17.3 Å². The van der Waals surface area contributed by atoms with E-state index >= 15 is 0 Å². The Morgan fingerprint density at radius 1 is 1.07 bits per heavy atom. The standard InChI is InChI=1S/C32H39F2N3O4S/c1-21-18-32(33,34)11-10-24(21)30-36-28(22-6-8-23(9-7-22)37-14-16-42(39,40)17-15-37)29(41-30)26-5-3-2-4-25(26)27(38)19-31(20-35)12-13-31/h6-9,21,24-26H,2-5,10-19H2,1H3/t21-,24-,25+,26+/m0/s1. The average molecular weight is 600 g/mol. The number of carbonyl (C=O) groups excluding carboxylic acids is 1. The fraction of sp³-hybridized carbons (Fsp3) is 0.656. The van der Waals surface area contributed by atoms with Crippen molar-refractivity contribution >= 4 is 21.3 Å². The zero-order chi connectivity index (χ0) is 29.7. The molecule has 6 rings (SSSR count). The first-order chi connectivity index (χ1) is 20.0. The highest BCUT2D eigenvalue weighted by molar-refractivity contribution is 7.91. The number of carbonyl (C=O) groups is 1. The first-order valence-corrected chi connectivity index (χ1v) is 17.2. The topological polar surface area (TPSA) is 104 Å². The summed E-state index contributed by atoms with van der Waals surface area (Å²) in [5.74, 6) is -2.12. The quantitative estimate of drug-likeness (QED) is 0.351. The minimum absolute atomic E-state index is 0.115. The lowest BCUT2D eigenvalue weighted by atomic mass is 9.73. The number of halogens is 2. The van der Waals surface area contributed by atoms with Gasteiger partial charge < -0.3 is 9.32 Å². The van der Waals surface area contributed by atoms with Crippen molar-refractivity contribution in [3.05, 3.63) is 35.9 Å². The number of anilines is 1. The summed E-state index contributed by atoms with van der Waals surface area (Å²) in [6.45, 7) is 2.72. The first-order valence-electron chi connectivity index (χ1n) is 15.4. The van der Waals surface area contributed by atoms with Crippen molar-refractivity contribution in [3.8, 4) is 17.3 Å². The summed E-state index contributed by atoms with van der Waals surface area (Å²) in [5, 5.41) is 9.61. The Balaban J connectivity index is 1.33. The number of hydrogen-bond donors (Lipinski definition) is 0. The number of nitrogens with zero attached hydrogens (tertiary/aromatic N) is 3. The number of Topliss-reactive ketones (excluding diaryl/α,β-unsaturated/α-hetero) is 1. The number of sulfone groups is 1. The molecule has 1 aromatic heterocycles. The Kier molecular flexibility index (Phi) is 7.70. The molecule has 0 amide bonds. The molecule has 2 aromatic rings. The van der Waals surface area contributed by atoms with Gasteiger partial charge in [-0.15, -0.1) is 0 Å². The predicted octanol–water partition coefficient (Wildman–Crippen LogP) is 6.65. The molecule has 7 nitrogen and oxygen atoms in total. The highest BCUT2D eigenvalue weighted by Crippen LogP contribution is 2.52. The van der Waals surface area contributed by atoms with Crippen LogP contribution in [-0.2, 0) is 14.6 Å². The van der Waals surface area contributed by atoms with Crippen LogP contribution in [0.15, 0.2) is 28.7 Å². The molecule has 0 bridgehead atoms. The molecule has 3 aliphatic carbocycles. The van der Waals surface area contributed by atoms with Gasteiger partial charge in [0.15, 0.2) is 15.7 Å². The van der Waals surface area contributed by atoms with Crippen LogP contribution in [0, 0.1) is 28.6 Å². The number of benzene rings is 1. The van der Waals surface area contributed by atoms with E-state index in [1.807, 2.05) is 31.2 Å². The van der Waals surface area contributed by atoms with Crippen molar-refractivity contribution in [2.75, 3.05) is 29.5 Å². The Hall–Kier alpha value is -2.80. The third-order valence-electron chi connectivity index (χ3n) is 10.1. The Bertz CT molecular complexity index is 1460. The molecule has 0 spiro atoms. The van der Waals surface area contributed by atoms with Crippen LogP contribution in [0.5, 0.6) is 0 Å². The van der Waals surface area contributed by atoms with Crippen LogP contribution in [0.3, 0.4) is 0 Å². The molecular formula is C32H39F2N3O4S. The van der Waals surface area contributed by atoms with E-state index in [0.29, 0.717) is 36.9 Å². The van der Waals surface area contributed by atoms with Crippen LogP contribution >= 0.6 is 0 Å². The van der Waals surface area contributed by atoms with E-state index in [0.717, 1.165) is 49.8 Å². The van der Waals surface area contributed by atoms with Gasteiger partial charge in [-0.3, -0.25) is 4.79 Å². The maximum atomic E-state index is 14.2. The number of aromatic nitrogens is 1. The van der Waals surface area contributed by atoms with Crippen LogP contribution < -0.4 is 4.90 Å². The zero-order valence-corrected chi connectivity index (χ0v) is 25.0. The van der Waals surface area contributed by atoms with E-state index in [9.17, 15) is 27.3 Å². The van der Waals surface area contributed by atoms with Gasteiger partial charge in [0.2, 0.25) is 5.92 Å². The molecule has 1 aromatic carbocycles. The van der Waals surface area contributed by atoms with E-state index in [2.05, 4.69) is 11.0 Å². The summed E-state index contributed by atoms with van der Waals surface area (Å²) in [6.07, 6.45) is 5.11. The second-order valence-electron chi connectivity index (χ2n) is 13.2. The molecule has 10 heteroatoms. The average Bonchev–Trinajstić information content (AvgIpc) is 3.60. The highest BCUT2D eigenvalue weighted by atomic mass is 32.2. The summed E-state index contributed by atoms with van der Waals surface area (Å²) in [7, 11) is -2.99. The molecule has 4 aliphatic rings. The number of oxazole rings is 1. The monoisotopic (exact) mass is 599 g/mol. The lowest BCUT2D eigenvalue weighted by Gasteiger charge is -2.32. The molecule has 0 unspecified atom stereocenters. The van der Waals surface area contributed by atoms with Gasteiger partial charge in [0, 0.05) is 61.4 Å². The Morgan fingerprint density at radius 2 is 1.76 bits per heavy atom.